The second-order valence-corrected chi connectivity index (χ2v) is 7.45. The highest BCUT2D eigenvalue weighted by atomic mass is 127. The molecule has 0 unspecified atom stereocenters. The molecule has 0 spiro atoms. The topological polar surface area (TPSA) is 66.0 Å². The van der Waals surface area contributed by atoms with Crippen LogP contribution in [0.5, 0.6) is 0 Å². The molecule has 26 heavy (non-hydrogen) atoms. The molecule has 1 amide bonds. The van der Waals surface area contributed by atoms with Crippen LogP contribution >= 0.6 is 24.0 Å². The molecule has 6 nitrogen and oxygen atoms in total. The molecule has 0 radical (unpaired) electrons. The normalized spacial score (nSPS) is 24.6. The molecule has 2 aliphatic rings. The lowest BCUT2D eigenvalue weighted by Gasteiger charge is -2.32. The molecule has 1 aliphatic carbocycles. The Morgan fingerprint density at radius 2 is 1.77 bits per heavy atom. The van der Waals surface area contributed by atoms with Crippen molar-refractivity contribution in [2.75, 3.05) is 32.8 Å². The number of likely N-dealkylation sites (tertiary alicyclic amines) is 1. The molecule has 1 saturated heterocycles. The number of nitrogens with one attached hydrogen (secondary N) is 2. The third-order valence-corrected chi connectivity index (χ3v) is 5.35. The Balaban J connectivity index is 0.00000338. The van der Waals surface area contributed by atoms with Crippen LogP contribution in [-0.4, -0.2) is 55.8 Å². The summed E-state index contributed by atoms with van der Waals surface area (Å²) in [7, 11) is 0. The Morgan fingerprint density at radius 3 is 2.35 bits per heavy atom. The number of amides is 1. The highest BCUT2D eigenvalue weighted by Crippen LogP contribution is 2.28. The maximum Gasteiger partial charge on any atom is 0.409 e. The van der Waals surface area contributed by atoms with Gasteiger partial charge in [0.15, 0.2) is 5.96 Å². The van der Waals surface area contributed by atoms with E-state index in [1.54, 1.807) is 4.90 Å². The zero-order chi connectivity index (χ0) is 18.1. The second-order valence-electron chi connectivity index (χ2n) is 7.45. The zero-order valence-corrected chi connectivity index (χ0v) is 19.0. The fourth-order valence-corrected chi connectivity index (χ4v) is 3.67. The summed E-state index contributed by atoms with van der Waals surface area (Å²) in [5, 5.41) is 6.92. The van der Waals surface area contributed by atoms with Gasteiger partial charge in [0.05, 0.1) is 6.61 Å². The highest BCUT2D eigenvalue weighted by molar-refractivity contribution is 14.0. The van der Waals surface area contributed by atoms with Gasteiger partial charge in [0.1, 0.15) is 0 Å². The molecule has 0 aromatic heterocycles. The number of halogens is 1. The van der Waals surface area contributed by atoms with Crippen LogP contribution in [0.15, 0.2) is 4.99 Å². The van der Waals surface area contributed by atoms with Crippen LogP contribution < -0.4 is 10.6 Å². The monoisotopic (exact) mass is 480 g/mol. The van der Waals surface area contributed by atoms with E-state index >= 15 is 0 Å². The number of carbonyl (C=O) groups is 1. The second kappa shape index (κ2) is 12.6. The van der Waals surface area contributed by atoms with Crippen molar-refractivity contribution in [3.8, 4) is 0 Å². The lowest BCUT2D eigenvalue weighted by atomic mass is 9.83. The van der Waals surface area contributed by atoms with Crippen LogP contribution in [-0.2, 0) is 4.74 Å². The molecule has 0 aromatic carbocycles. The highest BCUT2D eigenvalue weighted by Gasteiger charge is 2.24. The first kappa shape index (κ1) is 23.3. The van der Waals surface area contributed by atoms with E-state index in [1.807, 2.05) is 6.92 Å². The Bertz CT molecular complexity index is 431. The largest absolute Gasteiger partial charge is 0.450 e. The van der Waals surface area contributed by atoms with Gasteiger partial charge in [-0.1, -0.05) is 19.8 Å². The number of rotatable bonds is 5. The molecule has 1 saturated carbocycles. The van der Waals surface area contributed by atoms with Gasteiger partial charge in [-0.2, -0.15) is 0 Å². The van der Waals surface area contributed by atoms with Crippen molar-refractivity contribution in [3.63, 3.8) is 0 Å². The van der Waals surface area contributed by atoms with Crippen LogP contribution in [0, 0.1) is 11.8 Å². The quantitative estimate of drug-likeness (QED) is 0.359. The molecular weight excluding hydrogens is 443 g/mol. The van der Waals surface area contributed by atoms with Gasteiger partial charge in [-0.05, 0) is 51.4 Å². The molecule has 2 N–H and O–H groups in total. The van der Waals surface area contributed by atoms with Gasteiger partial charge < -0.3 is 20.3 Å². The molecule has 2 rings (SSSR count). The lowest BCUT2D eigenvalue weighted by Crippen LogP contribution is -2.50. The van der Waals surface area contributed by atoms with Crippen LogP contribution in [0.4, 0.5) is 4.79 Å². The first-order valence-corrected chi connectivity index (χ1v) is 10.1. The van der Waals surface area contributed by atoms with E-state index in [4.69, 9.17) is 9.73 Å². The fourth-order valence-electron chi connectivity index (χ4n) is 3.67. The molecule has 0 atom stereocenters. The molecule has 7 heteroatoms. The van der Waals surface area contributed by atoms with E-state index in [0.29, 0.717) is 12.6 Å². The number of piperidine rings is 1. The summed E-state index contributed by atoms with van der Waals surface area (Å²) in [4.78, 5) is 18.4. The van der Waals surface area contributed by atoms with Gasteiger partial charge in [0, 0.05) is 32.2 Å². The van der Waals surface area contributed by atoms with Gasteiger partial charge in [-0.15, -0.1) is 24.0 Å². The minimum absolute atomic E-state index is 0. The van der Waals surface area contributed by atoms with E-state index in [0.717, 1.165) is 56.8 Å². The van der Waals surface area contributed by atoms with Crippen LogP contribution in [0.1, 0.15) is 59.3 Å². The van der Waals surface area contributed by atoms with Crippen LogP contribution in [0.25, 0.3) is 0 Å². The van der Waals surface area contributed by atoms with Crippen molar-refractivity contribution in [1.82, 2.24) is 15.5 Å². The first-order valence-electron chi connectivity index (χ1n) is 10.1. The van der Waals surface area contributed by atoms with E-state index in [9.17, 15) is 4.79 Å². The smallest absolute Gasteiger partial charge is 0.409 e. The predicted molar refractivity (Wildman–Crippen MR) is 117 cm³/mol. The summed E-state index contributed by atoms with van der Waals surface area (Å²) in [5.41, 5.74) is 0. The van der Waals surface area contributed by atoms with Crippen molar-refractivity contribution in [2.24, 2.45) is 16.8 Å². The van der Waals surface area contributed by atoms with Crippen LogP contribution in [0.2, 0.25) is 0 Å². The first-order chi connectivity index (χ1) is 12.1. The molecule has 1 aliphatic heterocycles. The van der Waals surface area contributed by atoms with Crippen molar-refractivity contribution >= 4 is 36.0 Å². The maximum absolute atomic E-state index is 11.8. The molecule has 152 valence electrons. The van der Waals surface area contributed by atoms with Gasteiger partial charge >= 0.3 is 6.09 Å². The minimum Gasteiger partial charge on any atom is -0.450 e. The Morgan fingerprint density at radius 1 is 1.12 bits per heavy atom. The molecule has 0 bridgehead atoms. The summed E-state index contributed by atoms with van der Waals surface area (Å²) >= 11 is 0. The average Bonchev–Trinajstić information content (AvgIpc) is 2.62. The van der Waals surface area contributed by atoms with E-state index in [2.05, 4.69) is 24.5 Å². The fraction of sp³-hybridized carbons (Fsp3) is 0.895. The Kier molecular flexibility index (Phi) is 11.3. The zero-order valence-electron chi connectivity index (χ0n) is 16.6. The SMILES string of the molecule is CCNC(=NCC1CCC(C)CC1)NC1CCN(C(=O)OCC)CC1.I. The van der Waals surface area contributed by atoms with Crippen molar-refractivity contribution in [2.45, 2.75) is 65.3 Å². The maximum atomic E-state index is 11.8. The molecular formula is C19H37IN4O2. The van der Waals surface area contributed by atoms with Gasteiger partial charge in [-0.3, -0.25) is 4.99 Å². The number of ether oxygens (including phenoxy) is 1. The summed E-state index contributed by atoms with van der Waals surface area (Å²) < 4.78 is 5.08. The summed E-state index contributed by atoms with van der Waals surface area (Å²) in [5.74, 6) is 2.55. The summed E-state index contributed by atoms with van der Waals surface area (Å²) in [6.07, 6.45) is 6.98. The van der Waals surface area contributed by atoms with Crippen molar-refractivity contribution in [1.29, 1.82) is 0 Å². The summed E-state index contributed by atoms with van der Waals surface area (Å²) in [6.45, 7) is 10.0. The third kappa shape index (κ3) is 7.88. The number of nitrogens with zero attached hydrogens (tertiary/aromatic N) is 2. The van der Waals surface area contributed by atoms with Crippen LogP contribution in [0.3, 0.4) is 0 Å². The number of hydrogen-bond donors (Lipinski definition) is 2. The van der Waals surface area contributed by atoms with Crippen molar-refractivity contribution in [3.05, 3.63) is 0 Å². The molecule has 0 aromatic rings. The van der Waals surface area contributed by atoms with Gasteiger partial charge in [0.25, 0.3) is 0 Å². The molecule has 1 heterocycles. The third-order valence-electron chi connectivity index (χ3n) is 5.35. The number of carbonyl (C=O) groups excluding carboxylic acids is 1. The lowest BCUT2D eigenvalue weighted by molar-refractivity contribution is 0.0963. The molecule has 2 fully saturated rings. The van der Waals surface area contributed by atoms with E-state index in [-0.39, 0.29) is 30.1 Å². The van der Waals surface area contributed by atoms with Gasteiger partial charge in [-0.25, -0.2) is 4.79 Å². The Hall–Kier alpha value is -0.730. The number of aliphatic imine (C=N–C) groups is 1. The van der Waals surface area contributed by atoms with E-state index in [1.165, 1.54) is 25.7 Å². The minimum atomic E-state index is -0.187. The average molecular weight is 480 g/mol. The van der Waals surface area contributed by atoms with E-state index < -0.39 is 0 Å². The van der Waals surface area contributed by atoms with Crippen molar-refractivity contribution < 1.29 is 9.53 Å². The van der Waals surface area contributed by atoms with Gasteiger partial charge in [0.2, 0.25) is 0 Å². The number of hydrogen-bond acceptors (Lipinski definition) is 3. The predicted octanol–water partition coefficient (Wildman–Crippen LogP) is 3.61. The standard InChI is InChI=1S/C19H36N4O2.HI/c1-4-20-18(21-14-16-8-6-15(3)7-9-16)22-17-10-12-23(13-11-17)19(24)25-5-2;/h15-17H,4-14H2,1-3H3,(H2,20,21,22);1H. The summed E-state index contributed by atoms with van der Waals surface area (Å²) in [6, 6.07) is 0.370. The Labute approximate surface area is 175 Å². The number of guanidine groups is 1.